The minimum Gasteiger partial charge on any atom is -0.497 e. The molecule has 3 nitrogen and oxygen atoms in total. The molecule has 0 aliphatic carbocycles. The number of nitrogens with zero attached hydrogens (tertiary/aromatic N) is 1. The highest BCUT2D eigenvalue weighted by Gasteiger charge is 2.29. The van der Waals surface area contributed by atoms with Gasteiger partial charge in [-0.05, 0) is 36.3 Å². The van der Waals surface area contributed by atoms with E-state index in [0.29, 0.717) is 17.9 Å². The Morgan fingerprint density at radius 3 is 2.89 bits per heavy atom. The molecule has 1 amide bonds. The first-order chi connectivity index (χ1) is 9.02. The van der Waals surface area contributed by atoms with Crippen LogP contribution in [0.4, 0.5) is 8.78 Å². The number of ether oxygens (including phenoxy) is 1. The number of hydrogen-bond donors (Lipinski definition) is 0. The summed E-state index contributed by atoms with van der Waals surface area (Å²) in [5.74, 6) is 0.415. The number of hydrogen-bond acceptors (Lipinski definition) is 2. The van der Waals surface area contributed by atoms with E-state index in [2.05, 4.69) is 0 Å². The van der Waals surface area contributed by atoms with Crippen LogP contribution in [0.1, 0.15) is 28.3 Å². The SMILES string of the molecule is COc1ccc2c(c1)C(CC=C(F)F)CN(C)C2=O. The van der Waals surface area contributed by atoms with Crippen LogP contribution in [0.25, 0.3) is 0 Å². The topological polar surface area (TPSA) is 29.5 Å². The number of methoxy groups -OCH3 is 1. The molecule has 102 valence electrons. The second kappa shape index (κ2) is 5.38. The molecule has 1 aliphatic rings. The predicted molar refractivity (Wildman–Crippen MR) is 67.6 cm³/mol. The molecule has 0 fully saturated rings. The van der Waals surface area contributed by atoms with Crippen molar-refractivity contribution in [1.82, 2.24) is 4.90 Å². The summed E-state index contributed by atoms with van der Waals surface area (Å²) < 4.78 is 29.6. The Balaban J connectivity index is 2.40. The Hall–Kier alpha value is -1.91. The zero-order valence-electron chi connectivity index (χ0n) is 10.8. The maximum atomic E-state index is 12.2. The Labute approximate surface area is 110 Å². The van der Waals surface area contributed by atoms with Gasteiger partial charge in [0.1, 0.15) is 5.75 Å². The maximum Gasteiger partial charge on any atom is 0.266 e. The molecule has 1 aromatic rings. The summed E-state index contributed by atoms with van der Waals surface area (Å²) in [7, 11) is 3.21. The summed E-state index contributed by atoms with van der Waals surface area (Å²) in [4.78, 5) is 13.6. The molecule has 0 radical (unpaired) electrons. The lowest BCUT2D eigenvalue weighted by atomic mass is 9.87. The number of likely N-dealkylation sites (N-methyl/N-ethyl adjacent to an activating group) is 1. The fourth-order valence-corrected chi connectivity index (χ4v) is 2.35. The van der Waals surface area contributed by atoms with Crippen molar-refractivity contribution in [3.05, 3.63) is 41.5 Å². The van der Waals surface area contributed by atoms with Crippen molar-refractivity contribution in [3.63, 3.8) is 0 Å². The third-order valence-electron chi connectivity index (χ3n) is 3.33. The number of fused-ring (bicyclic) bond motifs is 1. The summed E-state index contributed by atoms with van der Waals surface area (Å²) in [5, 5.41) is 0. The van der Waals surface area contributed by atoms with Crippen molar-refractivity contribution < 1.29 is 18.3 Å². The van der Waals surface area contributed by atoms with E-state index in [1.54, 1.807) is 30.1 Å². The summed E-state index contributed by atoms with van der Waals surface area (Å²) in [6.45, 7) is 0.433. The third-order valence-corrected chi connectivity index (χ3v) is 3.33. The van der Waals surface area contributed by atoms with Crippen LogP contribution in [0.3, 0.4) is 0 Å². The van der Waals surface area contributed by atoms with Crippen molar-refractivity contribution in [2.75, 3.05) is 20.7 Å². The van der Waals surface area contributed by atoms with Crippen LogP contribution in [-0.4, -0.2) is 31.5 Å². The average molecular weight is 267 g/mol. The van der Waals surface area contributed by atoms with Crippen LogP contribution in [0.15, 0.2) is 30.4 Å². The lowest BCUT2D eigenvalue weighted by Gasteiger charge is -2.31. The van der Waals surface area contributed by atoms with Gasteiger partial charge in [0, 0.05) is 25.1 Å². The molecule has 5 heteroatoms. The van der Waals surface area contributed by atoms with Crippen molar-refractivity contribution in [3.8, 4) is 5.75 Å². The van der Waals surface area contributed by atoms with Crippen LogP contribution in [0.2, 0.25) is 0 Å². The zero-order chi connectivity index (χ0) is 14.0. The number of allylic oxidation sites excluding steroid dienone is 1. The molecule has 1 heterocycles. The molecule has 1 atom stereocenters. The highest BCUT2D eigenvalue weighted by Crippen LogP contribution is 2.33. The summed E-state index contributed by atoms with van der Waals surface area (Å²) in [6.07, 6.45) is -0.582. The van der Waals surface area contributed by atoms with Crippen LogP contribution in [-0.2, 0) is 0 Å². The predicted octanol–water partition coefficient (Wildman–Crippen LogP) is 3.03. The van der Waals surface area contributed by atoms with Gasteiger partial charge in [-0.1, -0.05) is 0 Å². The van der Waals surface area contributed by atoms with Gasteiger partial charge in [0.05, 0.1) is 7.11 Å². The van der Waals surface area contributed by atoms with Gasteiger partial charge >= 0.3 is 0 Å². The Morgan fingerprint density at radius 1 is 1.53 bits per heavy atom. The number of rotatable bonds is 3. The van der Waals surface area contributed by atoms with Gasteiger partial charge in [-0.15, -0.1) is 0 Å². The zero-order valence-corrected chi connectivity index (χ0v) is 10.8. The molecule has 0 aromatic heterocycles. The van der Waals surface area contributed by atoms with Gasteiger partial charge in [0.15, 0.2) is 0 Å². The molecule has 0 saturated carbocycles. The van der Waals surface area contributed by atoms with E-state index in [4.69, 9.17) is 4.74 Å². The summed E-state index contributed by atoms with van der Waals surface area (Å²) >= 11 is 0. The van der Waals surface area contributed by atoms with Crippen molar-refractivity contribution >= 4 is 5.91 Å². The Kier molecular flexibility index (Phi) is 3.83. The molecular weight excluding hydrogens is 252 g/mol. The van der Waals surface area contributed by atoms with Crippen LogP contribution in [0.5, 0.6) is 5.75 Å². The molecule has 0 spiro atoms. The highest BCUT2D eigenvalue weighted by molar-refractivity contribution is 5.97. The molecule has 1 unspecified atom stereocenters. The number of carbonyl (C=O) groups is 1. The minimum absolute atomic E-state index is 0.0846. The van der Waals surface area contributed by atoms with Gasteiger partial charge in [0.2, 0.25) is 0 Å². The number of carbonyl (C=O) groups excluding carboxylic acids is 1. The molecule has 1 aliphatic heterocycles. The second-order valence-electron chi connectivity index (χ2n) is 4.57. The summed E-state index contributed by atoms with van der Waals surface area (Å²) in [5.41, 5.74) is 1.34. The highest BCUT2D eigenvalue weighted by atomic mass is 19.3. The fourth-order valence-electron chi connectivity index (χ4n) is 2.35. The monoisotopic (exact) mass is 267 g/mol. The maximum absolute atomic E-state index is 12.2. The first kappa shape index (κ1) is 13.5. The largest absolute Gasteiger partial charge is 0.497 e. The van der Waals surface area contributed by atoms with E-state index < -0.39 is 6.08 Å². The normalized spacial score (nSPS) is 18.0. The van der Waals surface area contributed by atoms with Gasteiger partial charge in [0.25, 0.3) is 12.0 Å². The van der Waals surface area contributed by atoms with Crippen molar-refractivity contribution in [2.24, 2.45) is 0 Å². The summed E-state index contributed by atoms with van der Waals surface area (Å²) in [6, 6.07) is 5.15. The van der Waals surface area contributed by atoms with Gasteiger partial charge in [-0.2, -0.15) is 8.78 Å². The second-order valence-corrected chi connectivity index (χ2v) is 4.57. The molecule has 19 heavy (non-hydrogen) atoms. The first-order valence-electron chi connectivity index (χ1n) is 5.97. The van der Waals surface area contributed by atoms with E-state index in [0.717, 1.165) is 11.6 Å². The number of amides is 1. The van der Waals surface area contributed by atoms with Crippen molar-refractivity contribution in [2.45, 2.75) is 12.3 Å². The van der Waals surface area contributed by atoms with Crippen LogP contribution >= 0.6 is 0 Å². The molecule has 1 aromatic carbocycles. The standard InChI is InChI=1S/C14H15F2NO2/c1-17-8-9(3-6-13(15)16)12-7-10(19-2)4-5-11(12)14(17)18/h4-7,9H,3,8H2,1-2H3. The molecule has 0 N–H and O–H groups in total. The molecule has 0 saturated heterocycles. The fraction of sp³-hybridized carbons (Fsp3) is 0.357. The quantitative estimate of drug-likeness (QED) is 0.842. The van der Waals surface area contributed by atoms with E-state index in [1.807, 2.05) is 0 Å². The number of halogens is 2. The molecule has 2 rings (SSSR count). The lowest BCUT2D eigenvalue weighted by molar-refractivity contribution is 0.0765. The molecule has 0 bridgehead atoms. The van der Waals surface area contributed by atoms with E-state index in [9.17, 15) is 13.6 Å². The average Bonchev–Trinajstić information content (AvgIpc) is 2.40. The Bertz CT molecular complexity index is 524. The van der Waals surface area contributed by atoms with Crippen molar-refractivity contribution in [1.29, 1.82) is 0 Å². The van der Waals surface area contributed by atoms with E-state index in [1.165, 1.54) is 7.11 Å². The van der Waals surface area contributed by atoms with Gasteiger partial charge in [-0.25, -0.2) is 0 Å². The Morgan fingerprint density at radius 2 is 2.26 bits per heavy atom. The minimum atomic E-state index is -1.69. The third kappa shape index (κ3) is 2.75. The smallest absolute Gasteiger partial charge is 0.266 e. The lowest BCUT2D eigenvalue weighted by Crippen LogP contribution is -2.36. The van der Waals surface area contributed by atoms with Crippen LogP contribution in [0, 0.1) is 0 Å². The van der Waals surface area contributed by atoms with E-state index >= 15 is 0 Å². The first-order valence-corrected chi connectivity index (χ1v) is 5.97. The van der Waals surface area contributed by atoms with E-state index in [-0.39, 0.29) is 18.2 Å². The number of benzene rings is 1. The molecular formula is C14H15F2NO2. The van der Waals surface area contributed by atoms with Gasteiger partial charge < -0.3 is 9.64 Å². The van der Waals surface area contributed by atoms with Gasteiger partial charge in [-0.3, -0.25) is 4.79 Å². The van der Waals surface area contributed by atoms with Crippen LogP contribution < -0.4 is 4.74 Å².